The first kappa shape index (κ1) is 14.2. The van der Waals surface area contributed by atoms with Crippen molar-refractivity contribution >= 4 is 39.1 Å². The van der Waals surface area contributed by atoms with E-state index in [4.69, 9.17) is 0 Å². The number of hydrogen-bond donors (Lipinski definition) is 2. The summed E-state index contributed by atoms with van der Waals surface area (Å²) in [5, 5.41) is 13.6. The maximum atomic E-state index is 12.0. The molecule has 1 rings (SSSR count). The molecule has 0 aromatic carbocycles. The zero-order valence-corrected chi connectivity index (χ0v) is 12.0. The van der Waals surface area contributed by atoms with Crippen molar-refractivity contribution in [1.82, 2.24) is 5.32 Å². The molecule has 1 heterocycles. The summed E-state index contributed by atoms with van der Waals surface area (Å²) in [6.07, 6.45) is 0.709. The first-order valence-electron chi connectivity index (χ1n) is 5.25. The molecule has 0 aliphatic heterocycles. The molecule has 0 saturated carbocycles. The maximum Gasteiger partial charge on any atom is 0.329 e. The predicted octanol–water partition coefficient (Wildman–Crippen LogP) is 2.88. The number of hydrogen-bond acceptors (Lipinski definition) is 3. The Balaban J connectivity index is 2.93. The number of carboxylic acids is 1. The highest BCUT2D eigenvalue weighted by Crippen LogP contribution is 2.24. The summed E-state index contributed by atoms with van der Waals surface area (Å²) in [6, 6.07) is 1.76. The van der Waals surface area contributed by atoms with E-state index in [-0.39, 0.29) is 5.91 Å². The van der Waals surface area contributed by atoms with Crippen LogP contribution >= 0.6 is 27.3 Å². The summed E-state index contributed by atoms with van der Waals surface area (Å²) in [5.41, 5.74) is -1.18. The Morgan fingerprint density at radius 2 is 2.06 bits per heavy atom. The Labute approximate surface area is 112 Å². The van der Waals surface area contributed by atoms with E-state index in [1.54, 1.807) is 25.3 Å². The van der Waals surface area contributed by atoms with Crippen molar-refractivity contribution in [3.05, 3.63) is 20.8 Å². The molecule has 94 valence electrons. The second-order valence-electron chi connectivity index (χ2n) is 3.65. The number of carbonyl (C=O) groups is 2. The SMILES string of the molecule is CCC(CC)(NC(=O)c1sccc1Br)C(=O)O. The van der Waals surface area contributed by atoms with E-state index in [9.17, 15) is 14.7 Å². The Kier molecular flexibility index (Phi) is 4.70. The molecule has 0 radical (unpaired) electrons. The fourth-order valence-corrected chi connectivity index (χ4v) is 2.96. The molecule has 0 spiro atoms. The fourth-order valence-electron chi connectivity index (χ4n) is 1.51. The highest BCUT2D eigenvalue weighted by atomic mass is 79.9. The van der Waals surface area contributed by atoms with E-state index in [1.807, 2.05) is 0 Å². The van der Waals surface area contributed by atoms with Crippen LogP contribution < -0.4 is 5.32 Å². The summed E-state index contributed by atoms with van der Waals surface area (Å²) in [7, 11) is 0. The third kappa shape index (κ3) is 2.87. The average molecular weight is 320 g/mol. The Hall–Kier alpha value is -0.880. The highest BCUT2D eigenvalue weighted by Gasteiger charge is 2.37. The number of nitrogens with one attached hydrogen (secondary N) is 1. The molecule has 0 unspecified atom stereocenters. The van der Waals surface area contributed by atoms with Gasteiger partial charge >= 0.3 is 5.97 Å². The second-order valence-corrected chi connectivity index (χ2v) is 5.42. The quantitative estimate of drug-likeness (QED) is 0.877. The molecule has 0 fully saturated rings. The van der Waals surface area contributed by atoms with E-state index < -0.39 is 11.5 Å². The number of thiophene rings is 1. The molecular weight excluding hydrogens is 306 g/mol. The molecule has 0 atom stereocenters. The van der Waals surface area contributed by atoms with Crippen LogP contribution in [0, 0.1) is 0 Å². The van der Waals surface area contributed by atoms with Crippen molar-refractivity contribution in [3.8, 4) is 0 Å². The Bertz CT molecular complexity index is 426. The summed E-state index contributed by atoms with van der Waals surface area (Å²) in [4.78, 5) is 23.7. The molecule has 1 aromatic heterocycles. The lowest BCUT2D eigenvalue weighted by molar-refractivity contribution is -0.144. The van der Waals surface area contributed by atoms with Gasteiger partial charge in [0.15, 0.2) is 0 Å². The smallest absolute Gasteiger partial charge is 0.329 e. The highest BCUT2D eigenvalue weighted by molar-refractivity contribution is 9.10. The van der Waals surface area contributed by atoms with Gasteiger partial charge < -0.3 is 10.4 Å². The summed E-state index contributed by atoms with van der Waals surface area (Å²) < 4.78 is 0.687. The molecule has 0 aliphatic carbocycles. The van der Waals surface area contributed by atoms with Crippen LogP contribution in [0.25, 0.3) is 0 Å². The van der Waals surface area contributed by atoms with Crippen LogP contribution in [0.5, 0.6) is 0 Å². The van der Waals surface area contributed by atoms with E-state index >= 15 is 0 Å². The topological polar surface area (TPSA) is 66.4 Å². The van der Waals surface area contributed by atoms with Crippen LogP contribution in [0.15, 0.2) is 15.9 Å². The summed E-state index contributed by atoms with van der Waals surface area (Å²) >= 11 is 4.54. The van der Waals surface area contributed by atoms with Gasteiger partial charge in [-0.05, 0) is 40.2 Å². The van der Waals surface area contributed by atoms with Gasteiger partial charge in [0.25, 0.3) is 5.91 Å². The van der Waals surface area contributed by atoms with Crippen molar-refractivity contribution in [2.75, 3.05) is 0 Å². The normalized spacial score (nSPS) is 11.2. The molecule has 2 N–H and O–H groups in total. The molecule has 4 nitrogen and oxygen atoms in total. The van der Waals surface area contributed by atoms with Gasteiger partial charge in [-0.3, -0.25) is 4.79 Å². The lowest BCUT2D eigenvalue weighted by atomic mass is 9.93. The number of aliphatic carboxylic acids is 1. The van der Waals surface area contributed by atoms with Crippen LogP contribution in [0.1, 0.15) is 36.4 Å². The van der Waals surface area contributed by atoms with Gasteiger partial charge in [0.05, 0.1) is 0 Å². The minimum atomic E-state index is -1.18. The fraction of sp³-hybridized carbons (Fsp3) is 0.455. The van der Waals surface area contributed by atoms with Crippen LogP contribution in [0.4, 0.5) is 0 Å². The molecule has 17 heavy (non-hydrogen) atoms. The Morgan fingerprint density at radius 1 is 1.47 bits per heavy atom. The number of halogens is 1. The summed E-state index contributed by atoms with van der Waals surface area (Å²) in [6.45, 7) is 3.50. The van der Waals surface area contributed by atoms with E-state index in [2.05, 4.69) is 21.2 Å². The van der Waals surface area contributed by atoms with Gasteiger partial charge in [0, 0.05) is 4.47 Å². The average Bonchev–Trinajstić information content (AvgIpc) is 2.72. The molecular formula is C11H14BrNO3S. The van der Waals surface area contributed by atoms with Gasteiger partial charge in [-0.1, -0.05) is 13.8 Å². The molecule has 1 aromatic rings. The number of carboxylic acid groups (broad SMARTS) is 1. The first-order valence-corrected chi connectivity index (χ1v) is 6.93. The first-order chi connectivity index (χ1) is 7.96. The van der Waals surface area contributed by atoms with Crippen LogP contribution in [-0.2, 0) is 4.79 Å². The van der Waals surface area contributed by atoms with Crippen molar-refractivity contribution in [2.45, 2.75) is 32.2 Å². The molecule has 6 heteroatoms. The summed E-state index contributed by atoms with van der Waals surface area (Å²) in [5.74, 6) is -1.35. The zero-order valence-electron chi connectivity index (χ0n) is 9.62. The third-order valence-electron chi connectivity index (χ3n) is 2.79. The lowest BCUT2D eigenvalue weighted by Crippen LogP contribution is -2.53. The number of amides is 1. The standard InChI is InChI=1S/C11H14BrNO3S/c1-3-11(4-2,10(15)16)13-9(14)8-7(12)5-6-17-8/h5-6H,3-4H2,1-2H3,(H,13,14)(H,15,16). The maximum absolute atomic E-state index is 12.0. The number of rotatable bonds is 5. The van der Waals surface area contributed by atoms with Crippen LogP contribution in [0.3, 0.4) is 0 Å². The molecule has 1 amide bonds. The van der Waals surface area contributed by atoms with Gasteiger partial charge in [0.1, 0.15) is 10.4 Å². The minimum absolute atomic E-state index is 0.349. The lowest BCUT2D eigenvalue weighted by Gasteiger charge is -2.27. The molecule has 0 aliphatic rings. The van der Waals surface area contributed by atoms with Gasteiger partial charge in [0.2, 0.25) is 0 Å². The van der Waals surface area contributed by atoms with Crippen molar-refractivity contribution in [3.63, 3.8) is 0 Å². The van der Waals surface area contributed by atoms with E-state index in [0.29, 0.717) is 22.2 Å². The van der Waals surface area contributed by atoms with Gasteiger partial charge in [-0.25, -0.2) is 4.79 Å². The monoisotopic (exact) mass is 319 g/mol. The van der Waals surface area contributed by atoms with Crippen molar-refractivity contribution < 1.29 is 14.7 Å². The molecule has 0 bridgehead atoms. The van der Waals surface area contributed by atoms with E-state index in [1.165, 1.54) is 11.3 Å². The number of carbonyl (C=O) groups excluding carboxylic acids is 1. The Morgan fingerprint density at radius 3 is 2.41 bits per heavy atom. The van der Waals surface area contributed by atoms with Crippen molar-refractivity contribution in [1.29, 1.82) is 0 Å². The van der Waals surface area contributed by atoms with Crippen LogP contribution in [-0.4, -0.2) is 22.5 Å². The zero-order chi connectivity index (χ0) is 13.1. The van der Waals surface area contributed by atoms with Gasteiger partial charge in [-0.15, -0.1) is 11.3 Å². The second kappa shape index (κ2) is 5.64. The van der Waals surface area contributed by atoms with E-state index in [0.717, 1.165) is 0 Å². The molecule has 0 saturated heterocycles. The predicted molar refractivity (Wildman–Crippen MR) is 70.4 cm³/mol. The minimum Gasteiger partial charge on any atom is -0.480 e. The van der Waals surface area contributed by atoms with Gasteiger partial charge in [-0.2, -0.15) is 0 Å². The third-order valence-corrected chi connectivity index (χ3v) is 4.63. The largest absolute Gasteiger partial charge is 0.480 e. The van der Waals surface area contributed by atoms with Crippen LogP contribution in [0.2, 0.25) is 0 Å². The van der Waals surface area contributed by atoms with Crippen molar-refractivity contribution in [2.24, 2.45) is 0 Å².